The highest BCUT2D eigenvalue weighted by atomic mass is 19.4. The summed E-state index contributed by atoms with van der Waals surface area (Å²) in [6.07, 6.45) is -4.93. The lowest BCUT2D eigenvalue weighted by molar-refractivity contribution is -0.139. The van der Waals surface area contributed by atoms with Crippen LogP contribution in [0.3, 0.4) is 0 Å². The summed E-state index contributed by atoms with van der Waals surface area (Å²) in [5.41, 5.74) is 2.81. The van der Waals surface area contributed by atoms with Gasteiger partial charge in [0.05, 0.1) is 12.1 Å². The van der Waals surface area contributed by atoms with Crippen molar-refractivity contribution in [2.45, 2.75) is 46.0 Å². The molecule has 1 aromatic heterocycles. The third-order valence-corrected chi connectivity index (χ3v) is 2.82. The van der Waals surface area contributed by atoms with Crippen LogP contribution in [-0.4, -0.2) is 22.0 Å². The van der Waals surface area contributed by atoms with Gasteiger partial charge >= 0.3 is 6.18 Å². The summed E-state index contributed by atoms with van der Waals surface area (Å²) in [6.45, 7) is 5.72. The van der Waals surface area contributed by atoms with Crippen LogP contribution < -0.4 is 5.32 Å². The second-order valence-electron chi connectivity index (χ2n) is 4.37. The fourth-order valence-corrected chi connectivity index (χ4v) is 1.77. The van der Waals surface area contributed by atoms with Crippen molar-refractivity contribution in [3.63, 3.8) is 0 Å². The quantitative estimate of drug-likeness (QED) is 0.888. The van der Waals surface area contributed by atoms with Gasteiger partial charge in [-0.1, -0.05) is 0 Å². The molecule has 0 aliphatic heterocycles. The minimum Gasteiger partial charge on any atom is -0.310 e. The summed E-state index contributed by atoms with van der Waals surface area (Å²) in [5, 5.41) is 7.09. The molecule has 1 atom stereocenters. The summed E-state index contributed by atoms with van der Waals surface area (Å²) >= 11 is 0. The topological polar surface area (TPSA) is 29.9 Å². The lowest BCUT2D eigenvalue weighted by atomic mass is 10.1. The van der Waals surface area contributed by atoms with Crippen molar-refractivity contribution >= 4 is 0 Å². The van der Waals surface area contributed by atoms with Gasteiger partial charge in [0, 0.05) is 30.9 Å². The van der Waals surface area contributed by atoms with E-state index < -0.39 is 18.6 Å². The largest absolute Gasteiger partial charge is 0.390 e. The van der Waals surface area contributed by atoms with Crippen LogP contribution in [0.5, 0.6) is 0 Å². The van der Waals surface area contributed by atoms with E-state index in [2.05, 4.69) is 10.4 Å². The number of aromatic nitrogens is 2. The van der Waals surface area contributed by atoms with Crippen molar-refractivity contribution in [2.24, 2.45) is 7.05 Å². The van der Waals surface area contributed by atoms with Gasteiger partial charge in [0.1, 0.15) is 0 Å². The first-order valence-corrected chi connectivity index (χ1v) is 5.50. The molecule has 1 heterocycles. The first-order chi connectivity index (χ1) is 7.70. The molecule has 0 radical (unpaired) electrons. The van der Waals surface area contributed by atoms with Gasteiger partial charge in [-0.3, -0.25) is 4.68 Å². The Morgan fingerprint density at radius 1 is 1.35 bits per heavy atom. The molecule has 1 rings (SSSR count). The van der Waals surface area contributed by atoms with Crippen LogP contribution in [0.15, 0.2) is 0 Å². The Morgan fingerprint density at radius 3 is 2.35 bits per heavy atom. The highest BCUT2D eigenvalue weighted by Gasteiger charge is 2.29. The Labute approximate surface area is 99.0 Å². The van der Waals surface area contributed by atoms with Gasteiger partial charge in [-0.15, -0.1) is 0 Å². The SMILES string of the molecule is Cc1nn(C)c(C)c1CNC(C)CC(F)(F)F. The summed E-state index contributed by atoms with van der Waals surface area (Å²) in [6, 6.07) is -0.589. The molecule has 98 valence electrons. The lowest BCUT2D eigenvalue weighted by Crippen LogP contribution is -2.31. The monoisotopic (exact) mass is 249 g/mol. The van der Waals surface area contributed by atoms with E-state index in [0.29, 0.717) is 6.54 Å². The summed E-state index contributed by atoms with van der Waals surface area (Å²) < 4.78 is 38.2. The number of nitrogens with one attached hydrogen (secondary N) is 1. The molecule has 6 heteroatoms. The van der Waals surface area contributed by atoms with E-state index in [4.69, 9.17) is 0 Å². The second kappa shape index (κ2) is 5.08. The van der Waals surface area contributed by atoms with Crippen LogP contribution in [0, 0.1) is 13.8 Å². The fraction of sp³-hybridized carbons (Fsp3) is 0.727. The smallest absolute Gasteiger partial charge is 0.310 e. The minimum atomic E-state index is -4.12. The number of hydrogen-bond acceptors (Lipinski definition) is 2. The summed E-state index contributed by atoms with van der Waals surface area (Å²) in [4.78, 5) is 0. The lowest BCUT2D eigenvalue weighted by Gasteiger charge is -2.15. The Hall–Kier alpha value is -1.04. The molecule has 0 fully saturated rings. The molecule has 1 unspecified atom stereocenters. The molecule has 0 aliphatic carbocycles. The Kier molecular flexibility index (Phi) is 4.19. The molecule has 0 aliphatic rings. The van der Waals surface area contributed by atoms with Gasteiger partial charge in [0.2, 0.25) is 0 Å². The molecule has 0 amide bonds. The molecule has 0 saturated heterocycles. The van der Waals surface area contributed by atoms with E-state index in [-0.39, 0.29) is 0 Å². The normalized spacial score (nSPS) is 14.1. The van der Waals surface area contributed by atoms with Crippen LogP contribution in [0.25, 0.3) is 0 Å². The molecule has 0 bridgehead atoms. The highest BCUT2D eigenvalue weighted by Crippen LogP contribution is 2.21. The maximum absolute atomic E-state index is 12.1. The van der Waals surface area contributed by atoms with Gasteiger partial charge in [-0.25, -0.2) is 0 Å². The molecule has 1 aromatic rings. The number of hydrogen-bond donors (Lipinski definition) is 1. The average molecular weight is 249 g/mol. The van der Waals surface area contributed by atoms with Crippen molar-refractivity contribution in [1.29, 1.82) is 0 Å². The number of halogens is 3. The fourth-order valence-electron chi connectivity index (χ4n) is 1.77. The van der Waals surface area contributed by atoms with Crippen LogP contribution in [0.1, 0.15) is 30.3 Å². The van der Waals surface area contributed by atoms with E-state index in [1.54, 1.807) is 4.68 Å². The Morgan fingerprint density at radius 2 is 1.94 bits per heavy atom. The van der Waals surface area contributed by atoms with Crippen LogP contribution in [0.2, 0.25) is 0 Å². The van der Waals surface area contributed by atoms with Crippen LogP contribution in [-0.2, 0) is 13.6 Å². The van der Waals surface area contributed by atoms with Gasteiger partial charge in [0.25, 0.3) is 0 Å². The average Bonchev–Trinajstić information content (AvgIpc) is 2.36. The van der Waals surface area contributed by atoms with E-state index in [1.165, 1.54) is 6.92 Å². The maximum atomic E-state index is 12.1. The van der Waals surface area contributed by atoms with Crippen molar-refractivity contribution in [1.82, 2.24) is 15.1 Å². The van der Waals surface area contributed by atoms with Gasteiger partial charge in [-0.05, 0) is 20.8 Å². The molecule has 0 saturated carbocycles. The van der Waals surface area contributed by atoms with E-state index in [0.717, 1.165) is 17.0 Å². The molecule has 1 N–H and O–H groups in total. The molecule has 17 heavy (non-hydrogen) atoms. The van der Waals surface area contributed by atoms with Crippen molar-refractivity contribution in [3.8, 4) is 0 Å². The predicted molar refractivity (Wildman–Crippen MR) is 59.7 cm³/mol. The highest BCUT2D eigenvalue weighted by molar-refractivity contribution is 5.24. The van der Waals surface area contributed by atoms with E-state index in [1.807, 2.05) is 20.9 Å². The van der Waals surface area contributed by atoms with E-state index >= 15 is 0 Å². The number of rotatable bonds is 4. The molecule has 3 nitrogen and oxygen atoms in total. The van der Waals surface area contributed by atoms with Crippen molar-refractivity contribution < 1.29 is 13.2 Å². The second-order valence-corrected chi connectivity index (χ2v) is 4.37. The maximum Gasteiger partial charge on any atom is 0.390 e. The third-order valence-electron chi connectivity index (χ3n) is 2.82. The molecular weight excluding hydrogens is 231 g/mol. The Balaban J connectivity index is 2.56. The summed E-state index contributed by atoms with van der Waals surface area (Å²) in [7, 11) is 1.82. The van der Waals surface area contributed by atoms with Gasteiger partial charge in [0.15, 0.2) is 0 Å². The number of alkyl halides is 3. The zero-order valence-electron chi connectivity index (χ0n) is 10.5. The predicted octanol–water partition coefficient (Wildman–Crippen LogP) is 2.47. The third kappa shape index (κ3) is 4.03. The Bertz CT molecular complexity index is 382. The van der Waals surface area contributed by atoms with Gasteiger partial charge in [-0.2, -0.15) is 18.3 Å². The van der Waals surface area contributed by atoms with Crippen LogP contribution >= 0.6 is 0 Å². The summed E-state index contributed by atoms with van der Waals surface area (Å²) in [5.74, 6) is 0. The van der Waals surface area contributed by atoms with Crippen molar-refractivity contribution in [3.05, 3.63) is 17.0 Å². The zero-order valence-corrected chi connectivity index (χ0v) is 10.5. The zero-order chi connectivity index (χ0) is 13.2. The molecule has 0 aromatic carbocycles. The van der Waals surface area contributed by atoms with Crippen LogP contribution in [0.4, 0.5) is 13.2 Å². The minimum absolute atomic E-state index is 0.419. The first kappa shape index (κ1) is 14.0. The van der Waals surface area contributed by atoms with Gasteiger partial charge < -0.3 is 5.32 Å². The number of aryl methyl sites for hydroxylation is 2. The van der Waals surface area contributed by atoms with Crippen molar-refractivity contribution in [2.75, 3.05) is 0 Å². The molecule has 0 spiro atoms. The molecular formula is C11H18F3N3. The standard InChI is InChI=1S/C11H18F3N3/c1-7(5-11(12,13)14)15-6-10-8(2)16-17(4)9(10)3/h7,15H,5-6H2,1-4H3. The number of nitrogens with zero attached hydrogens (tertiary/aromatic N) is 2. The van der Waals surface area contributed by atoms with E-state index in [9.17, 15) is 13.2 Å². The first-order valence-electron chi connectivity index (χ1n) is 5.50.